The monoisotopic (exact) mass is 462 g/mol. The van der Waals surface area contributed by atoms with Crippen LogP contribution in [-0.2, 0) is 25.6 Å². The summed E-state index contributed by atoms with van der Waals surface area (Å²) < 4.78 is 0. The van der Waals surface area contributed by atoms with Crippen molar-refractivity contribution >= 4 is 23.6 Å². The highest BCUT2D eigenvalue weighted by Crippen LogP contribution is 2.20. The summed E-state index contributed by atoms with van der Waals surface area (Å²) in [5.41, 5.74) is 17.5. The van der Waals surface area contributed by atoms with E-state index in [1.807, 2.05) is 0 Å². The molecule has 1 saturated heterocycles. The number of primary amides is 1. The maximum atomic E-state index is 13.0. The third-order valence-electron chi connectivity index (χ3n) is 5.56. The lowest BCUT2D eigenvalue weighted by Crippen LogP contribution is -2.55. The van der Waals surface area contributed by atoms with E-state index in [4.69, 9.17) is 17.2 Å². The number of rotatable bonds is 12. The normalized spacial score (nSPS) is 17.3. The number of nitrogens with two attached hydrogens (primary N) is 3. The van der Waals surface area contributed by atoms with Crippen molar-refractivity contribution in [2.75, 3.05) is 19.6 Å². The Balaban J connectivity index is 2.01. The van der Waals surface area contributed by atoms with Gasteiger partial charge in [0.25, 0.3) is 0 Å². The summed E-state index contributed by atoms with van der Waals surface area (Å²) in [6.07, 6.45) is 2.99. The van der Waals surface area contributed by atoms with Gasteiger partial charge in [-0.05, 0) is 62.8 Å². The van der Waals surface area contributed by atoms with E-state index in [9.17, 15) is 24.3 Å². The van der Waals surface area contributed by atoms with Crippen molar-refractivity contribution in [2.24, 2.45) is 17.2 Å². The number of nitrogens with zero attached hydrogens (tertiary/aromatic N) is 1. The number of likely N-dealkylation sites (tertiary alicyclic amines) is 1. The van der Waals surface area contributed by atoms with Gasteiger partial charge in [0.15, 0.2) is 0 Å². The first-order chi connectivity index (χ1) is 15.7. The molecule has 11 nitrogen and oxygen atoms in total. The van der Waals surface area contributed by atoms with Crippen molar-refractivity contribution < 1.29 is 24.3 Å². The fraction of sp³-hybridized carbons (Fsp3) is 0.545. The molecule has 3 atom stereocenters. The standard InChI is InChI=1S/C22H34N6O5/c23-10-2-1-4-17(20(31)26-13-19(25)30)27-21(32)18-5-3-11-28(18)22(33)16(24)12-14-6-8-15(29)9-7-14/h6-9,16-18,29H,1-5,10-13,23-24H2,(H2,25,30)(H,26,31)(H,27,32). The lowest BCUT2D eigenvalue weighted by molar-refractivity contribution is -0.140. The van der Waals surface area contributed by atoms with E-state index in [0.717, 1.165) is 5.56 Å². The van der Waals surface area contributed by atoms with E-state index in [1.165, 1.54) is 17.0 Å². The maximum absolute atomic E-state index is 13.0. The molecule has 0 aromatic heterocycles. The summed E-state index contributed by atoms with van der Waals surface area (Å²) in [6.45, 7) is 0.515. The first-order valence-corrected chi connectivity index (χ1v) is 11.1. The van der Waals surface area contributed by atoms with Gasteiger partial charge < -0.3 is 37.8 Å². The minimum Gasteiger partial charge on any atom is -0.508 e. The molecule has 1 aliphatic heterocycles. The molecule has 0 radical (unpaired) electrons. The van der Waals surface area contributed by atoms with Gasteiger partial charge in [0.2, 0.25) is 23.6 Å². The molecule has 9 N–H and O–H groups in total. The second kappa shape index (κ2) is 12.8. The summed E-state index contributed by atoms with van der Waals surface area (Å²) in [4.78, 5) is 50.9. The Labute approximate surface area is 193 Å². The van der Waals surface area contributed by atoms with Crippen LogP contribution in [0, 0.1) is 0 Å². The number of phenolic OH excluding ortho intramolecular Hbond substituents is 1. The minimum atomic E-state index is -0.869. The van der Waals surface area contributed by atoms with E-state index < -0.39 is 35.8 Å². The Morgan fingerprint density at radius 2 is 1.85 bits per heavy atom. The van der Waals surface area contributed by atoms with Crippen LogP contribution in [0.3, 0.4) is 0 Å². The van der Waals surface area contributed by atoms with Crippen LogP contribution in [-0.4, -0.2) is 71.4 Å². The van der Waals surface area contributed by atoms with E-state index in [-0.39, 0.29) is 24.6 Å². The van der Waals surface area contributed by atoms with Crippen molar-refractivity contribution in [1.82, 2.24) is 15.5 Å². The third kappa shape index (κ3) is 8.03. The molecule has 4 amide bonds. The molecule has 1 fully saturated rings. The number of amides is 4. The van der Waals surface area contributed by atoms with Crippen LogP contribution in [0.4, 0.5) is 0 Å². The number of hydrogen-bond acceptors (Lipinski definition) is 7. The van der Waals surface area contributed by atoms with Gasteiger partial charge in [-0.2, -0.15) is 0 Å². The van der Waals surface area contributed by atoms with Gasteiger partial charge in [-0.3, -0.25) is 19.2 Å². The summed E-state index contributed by atoms with van der Waals surface area (Å²) in [7, 11) is 0. The molecule has 0 bridgehead atoms. The molecule has 3 unspecified atom stereocenters. The average Bonchev–Trinajstić information content (AvgIpc) is 3.27. The van der Waals surface area contributed by atoms with E-state index in [2.05, 4.69) is 10.6 Å². The van der Waals surface area contributed by atoms with Gasteiger partial charge in [0.05, 0.1) is 12.6 Å². The second-order valence-corrected chi connectivity index (χ2v) is 8.20. The Kier molecular flexibility index (Phi) is 10.1. The molecule has 1 aromatic carbocycles. The Morgan fingerprint density at radius 1 is 1.15 bits per heavy atom. The predicted molar refractivity (Wildman–Crippen MR) is 122 cm³/mol. The Morgan fingerprint density at radius 3 is 2.48 bits per heavy atom. The summed E-state index contributed by atoms with van der Waals surface area (Å²) in [5, 5.41) is 14.5. The fourth-order valence-electron chi connectivity index (χ4n) is 3.82. The number of nitrogens with one attached hydrogen (secondary N) is 2. The number of carbonyl (C=O) groups is 4. The van der Waals surface area contributed by atoms with Gasteiger partial charge in [-0.15, -0.1) is 0 Å². The fourth-order valence-corrected chi connectivity index (χ4v) is 3.82. The Bertz CT molecular complexity index is 831. The largest absolute Gasteiger partial charge is 0.508 e. The van der Waals surface area contributed by atoms with Gasteiger partial charge in [0, 0.05) is 6.54 Å². The van der Waals surface area contributed by atoms with Gasteiger partial charge in [-0.25, -0.2) is 0 Å². The average molecular weight is 463 g/mol. The molecule has 2 rings (SSSR count). The van der Waals surface area contributed by atoms with Crippen LogP contribution < -0.4 is 27.8 Å². The van der Waals surface area contributed by atoms with Crippen molar-refractivity contribution in [1.29, 1.82) is 0 Å². The molecule has 11 heteroatoms. The minimum absolute atomic E-state index is 0.121. The van der Waals surface area contributed by atoms with Crippen molar-refractivity contribution in [3.8, 4) is 5.75 Å². The lowest BCUT2D eigenvalue weighted by atomic mass is 10.0. The van der Waals surface area contributed by atoms with Crippen LogP contribution in [0.15, 0.2) is 24.3 Å². The molecular formula is C22H34N6O5. The molecule has 0 spiro atoms. The molecular weight excluding hydrogens is 428 g/mol. The van der Waals surface area contributed by atoms with Crippen LogP contribution in [0.1, 0.15) is 37.7 Å². The van der Waals surface area contributed by atoms with Crippen LogP contribution in [0.5, 0.6) is 5.75 Å². The first kappa shape index (κ1) is 26.1. The van der Waals surface area contributed by atoms with E-state index in [1.54, 1.807) is 12.1 Å². The number of hydrogen-bond donors (Lipinski definition) is 6. The predicted octanol–water partition coefficient (Wildman–Crippen LogP) is -1.53. The number of phenols is 1. The zero-order chi connectivity index (χ0) is 24.4. The molecule has 33 heavy (non-hydrogen) atoms. The number of carbonyl (C=O) groups excluding carboxylic acids is 4. The molecule has 0 saturated carbocycles. The van der Waals surface area contributed by atoms with Gasteiger partial charge >= 0.3 is 0 Å². The van der Waals surface area contributed by atoms with Gasteiger partial charge in [0.1, 0.15) is 17.8 Å². The lowest BCUT2D eigenvalue weighted by Gasteiger charge is -2.28. The highest BCUT2D eigenvalue weighted by Gasteiger charge is 2.37. The first-order valence-electron chi connectivity index (χ1n) is 11.1. The highest BCUT2D eigenvalue weighted by atomic mass is 16.3. The van der Waals surface area contributed by atoms with Crippen LogP contribution in [0.25, 0.3) is 0 Å². The van der Waals surface area contributed by atoms with Crippen molar-refractivity contribution in [3.05, 3.63) is 29.8 Å². The van der Waals surface area contributed by atoms with E-state index >= 15 is 0 Å². The van der Waals surface area contributed by atoms with Crippen LogP contribution in [0.2, 0.25) is 0 Å². The zero-order valence-corrected chi connectivity index (χ0v) is 18.7. The third-order valence-corrected chi connectivity index (χ3v) is 5.56. The SMILES string of the molecule is NCCCCC(NC(=O)C1CCCN1C(=O)C(N)Cc1ccc(O)cc1)C(=O)NCC(N)=O. The molecule has 1 aromatic rings. The topological polar surface area (TPSA) is 194 Å². The molecule has 1 heterocycles. The van der Waals surface area contributed by atoms with Gasteiger partial charge in [-0.1, -0.05) is 12.1 Å². The number of benzene rings is 1. The highest BCUT2D eigenvalue weighted by molar-refractivity contribution is 5.94. The summed E-state index contributed by atoms with van der Waals surface area (Å²) >= 11 is 0. The molecule has 0 aliphatic carbocycles. The Hall–Kier alpha value is -3.18. The summed E-state index contributed by atoms with van der Waals surface area (Å²) in [5.74, 6) is -1.87. The smallest absolute Gasteiger partial charge is 0.243 e. The zero-order valence-electron chi connectivity index (χ0n) is 18.7. The quantitative estimate of drug-likeness (QED) is 0.203. The van der Waals surface area contributed by atoms with Crippen molar-refractivity contribution in [2.45, 2.75) is 56.7 Å². The van der Waals surface area contributed by atoms with Crippen LogP contribution >= 0.6 is 0 Å². The maximum Gasteiger partial charge on any atom is 0.243 e. The molecule has 182 valence electrons. The second-order valence-electron chi connectivity index (χ2n) is 8.20. The van der Waals surface area contributed by atoms with E-state index in [0.29, 0.717) is 45.2 Å². The molecule has 1 aliphatic rings. The van der Waals surface area contributed by atoms with Crippen molar-refractivity contribution in [3.63, 3.8) is 0 Å². The number of unbranched alkanes of at least 4 members (excludes halogenated alkanes) is 1. The summed E-state index contributed by atoms with van der Waals surface area (Å²) in [6, 6.07) is 3.97. The number of aromatic hydroxyl groups is 1.